The van der Waals surface area contributed by atoms with Crippen LogP contribution in [0.3, 0.4) is 0 Å². The minimum absolute atomic E-state index is 0.00363. The molecule has 0 radical (unpaired) electrons. The summed E-state index contributed by atoms with van der Waals surface area (Å²) in [6.45, 7) is 7.86. The quantitative estimate of drug-likeness (QED) is 0.742. The molecule has 0 N–H and O–H groups in total. The Morgan fingerprint density at radius 2 is 1.86 bits per heavy atom. The summed E-state index contributed by atoms with van der Waals surface area (Å²) in [6, 6.07) is 5.64. The molecule has 1 amide bonds. The number of piperazine rings is 1. The fourth-order valence-corrected chi connectivity index (χ4v) is 3.40. The second kappa shape index (κ2) is 8.43. The first-order valence-corrected chi connectivity index (χ1v) is 9.63. The molecule has 2 aromatic heterocycles. The zero-order valence-electron chi connectivity index (χ0n) is 16.1. The second-order valence-electron chi connectivity index (χ2n) is 6.93. The molecule has 4 heterocycles. The lowest BCUT2D eigenvalue weighted by atomic mass is 10.2. The summed E-state index contributed by atoms with van der Waals surface area (Å²) in [4.78, 5) is 28.0. The van der Waals surface area contributed by atoms with E-state index in [4.69, 9.17) is 14.1 Å². The monoisotopic (exact) mass is 383 g/mol. The molecule has 0 saturated carbocycles. The highest BCUT2D eigenvalue weighted by Crippen LogP contribution is 2.20. The largest absolute Gasteiger partial charge is 0.465 e. The normalized spacial score (nSPS) is 18.1. The van der Waals surface area contributed by atoms with Gasteiger partial charge in [-0.2, -0.15) is 4.98 Å². The van der Waals surface area contributed by atoms with E-state index in [0.717, 1.165) is 43.6 Å². The number of aryl methyl sites for hydroxylation is 1. The second-order valence-corrected chi connectivity index (χ2v) is 6.93. The van der Waals surface area contributed by atoms with Gasteiger partial charge in [-0.05, 0) is 25.1 Å². The maximum Gasteiger partial charge on any atom is 0.246 e. The third kappa shape index (κ3) is 4.33. The molecule has 2 aliphatic heterocycles. The van der Waals surface area contributed by atoms with Crippen LogP contribution in [0.2, 0.25) is 0 Å². The molecule has 148 valence electrons. The summed E-state index contributed by atoms with van der Waals surface area (Å²) in [5.41, 5.74) is 0.950. The van der Waals surface area contributed by atoms with E-state index in [1.807, 2.05) is 24.0 Å². The summed E-state index contributed by atoms with van der Waals surface area (Å²) in [5.74, 6) is 2.37. The van der Waals surface area contributed by atoms with Gasteiger partial charge in [0.1, 0.15) is 11.6 Å². The van der Waals surface area contributed by atoms with Crippen LogP contribution in [0.5, 0.6) is 0 Å². The van der Waals surface area contributed by atoms with Crippen LogP contribution in [-0.2, 0) is 9.53 Å². The number of carbonyl (C=O) groups excluding carboxylic acids is 1. The Kier molecular flexibility index (Phi) is 5.57. The Morgan fingerprint density at radius 1 is 1.07 bits per heavy atom. The van der Waals surface area contributed by atoms with Crippen LogP contribution in [0.1, 0.15) is 11.5 Å². The Balaban J connectivity index is 1.38. The van der Waals surface area contributed by atoms with Crippen LogP contribution in [-0.4, -0.2) is 73.3 Å². The minimum Gasteiger partial charge on any atom is -0.465 e. The molecule has 8 nitrogen and oxygen atoms in total. The van der Waals surface area contributed by atoms with Crippen molar-refractivity contribution in [1.82, 2.24) is 14.9 Å². The summed E-state index contributed by atoms with van der Waals surface area (Å²) < 4.78 is 10.6. The van der Waals surface area contributed by atoms with Crippen molar-refractivity contribution in [3.63, 3.8) is 0 Å². The lowest BCUT2D eigenvalue weighted by Crippen LogP contribution is -2.48. The molecule has 0 unspecified atom stereocenters. The molecule has 0 spiro atoms. The highest BCUT2D eigenvalue weighted by molar-refractivity contribution is 5.91. The fraction of sp³-hybridized carbons (Fsp3) is 0.450. The highest BCUT2D eigenvalue weighted by Gasteiger charge is 2.22. The van der Waals surface area contributed by atoms with Crippen molar-refractivity contribution in [1.29, 1.82) is 0 Å². The Morgan fingerprint density at radius 3 is 2.57 bits per heavy atom. The van der Waals surface area contributed by atoms with Gasteiger partial charge in [0.15, 0.2) is 0 Å². The van der Waals surface area contributed by atoms with Gasteiger partial charge in [0, 0.05) is 57.1 Å². The number of carbonyl (C=O) groups is 1. The van der Waals surface area contributed by atoms with Crippen LogP contribution < -0.4 is 9.80 Å². The predicted molar refractivity (Wildman–Crippen MR) is 106 cm³/mol. The van der Waals surface area contributed by atoms with Gasteiger partial charge >= 0.3 is 0 Å². The van der Waals surface area contributed by atoms with Gasteiger partial charge < -0.3 is 23.9 Å². The molecule has 8 heteroatoms. The van der Waals surface area contributed by atoms with Gasteiger partial charge in [0.25, 0.3) is 0 Å². The summed E-state index contributed by atoms with van der Waals surface area (Å²) >= 11 is 0. The number of rotatable bonds is 4. The SMILES string of the molecule is Cc1cc(N2CCN(C(=O)/C=C/c3ccco3)CC2)nc(N2CCOCC2)n1. The average Bonchev–Trinajstić information content (AvgIpc) is 3.26. The van der Waals surface area contributed by atoms with E-state index < -0.39 is 0 Å². The molecular formula is C20H25N5O3. The van der Waals surface area contributed by atoms with E-state index in [1.54, 1.807) is 24.5 Å². The fourth-order valence-electron chi connectivity index (χ4n) is 3.40. The van der Waals surface area contributed by atoms with Gasteiger partial charge in [0.2, 0.25) is 11.9 Å². The first-order valence-electron chi connectivity index (χ1n) is 9.63. The predicted octanol–water partition coefficient (Wildman–Crippen LogP) is 1.58. The number of hydrogen-bond donors (Lipinski definition) is 0. The average molecular weight is 383 g/mol. The third-order valence-electron chi connectivity index (χ3n) is 4.97. The van der Waals surface area contributed by atoms with E-state index in [-0.39, 0.29) is 5.91 Å². The summed E-state index contributed by atoms with van der Waals surface area (Å²) in [7, 11) is 0. The number of nitrogens with zero attached hydrogens (tertiary/aromatic N) is 5. The molecule has 0 aliphatic carbocycles. The minimum atomic E-state index is 0.00363. The number of furan rings is 1. The zero-order chi connectivity index (χ0) is 19.3. The van der Waals surface area contributed by atoms with Gasteiger partial charge in [-0.25, -0.2) is 4.98 Å². The van der Waals surface area contributed by atoms with Crippen LogP contribution in [0.25, 0.3) is 6.08 Å². The van der Waals surface area contributed by atoms with Gasteiger partial charge in [0.05, 0.1) is 19.5 Å². The van der Waals surface area contributed by atoms with Crippen molar-refractivity contribution in [3.8, 4) is 0 Å². The van der Waals surface area contributed by atoms with Crippen LogP contribution in [0, 0.1) is 6.92 Å². The van der Waals surface area contributed by atoms with Crippen molar-refractivity contribution in [2.24, 2.45) is 0 Å². The van der Waals surface area contributed by atoms with Crippen LogP contribution in [0.15, 0.2) is 35.0 Å². The van der Waals surface area contributed by atoms with Crippen molar-refractivity contribution >= 4 is 23.7 Å². The molecule has 2 fully saturated rings. The van der Waals surface area contributed by atoms with Crippen LogP contribution >= 0.6 is 0 Å². The Hall–Kier alpha value is -2.87. The van der Waals surface area contributed by atoms with E-state index in [1.165, 1.54) is 0 Å². The van der Waals surface area contributed by atoms with Crippen molar-refractivity contribution in [3.05, 3.63) is 42.0 Å². The van der Waals surface area contributed by atoms with Gasteiger partial charge in [-0.15, -0.1) is 0 Å². The number of ether oxygens (including phenoxy) is 1. The highest BCUT2D eigenvalue weighted by atomic mass is 16.5. The van der Waals surface area contributed by atoms with Gasteiger partial charge in [-0.3, -0.25) is 4.79 Å². The zero-order valence-corrected chi connectivity index (χ0v) is 16.1. The summed E-state index contributed by atoms with van der Waals surface area (Å²) in [5, 5.41) is 0. The van der Waals surface area contributed by atoms with Gasteiger partial charge in [-0.1, -0.05) is 0 Å². The molecular weight excluding hydrogens is 358 g/mol. The van der Waals surface area contributed by atoms with E-state index in [2.05, 4.69) is 14.8 Å². The Labute approximate surface area is 164 Å². The number of morpholine rings is 1. The lowest BCUT2D eigenvalue weighted by Gasteiger charge is -2.35. The van der Waals surface area contributed by atoms with E-state index >= 15 is 0 Å². The van der Waals surface area contributed by atoms with Crippen LogP contribution in [0.4, 0.5) is 11.8 Å². The molecule has 28 heavy (non-hydrogen) atoms. The molecule has 0 bridgehead atoms. The molecule has 2 saturated heterocycles. The number of amides is 1. The smallest absolute Gasteiger partial charge is 0.246 e. The molecule has 0 aromatic carbocycles. The van der Waals surface area contributed by atoms with E-state index in [9.17, 15) is 4.79 Å². The first kappa shape index (κ1) is 18.5. The summed E-state index contributed by atoms with van der Waals surface area (Å²) in [6.07, 6.45) is 4.87. The standard InChI is InChI=1S/C20H25N5O3/c1-16-15-18(22-20(21-16)25-10-13-27-14-11-25)23-6-8-24(9-7-23)19(26)5-4-17-3-2-12-28-17/h2-5,12,15H,6-11,13-14H2,1H3/b5-4+. The number of hydrogen-bond acceptors (Lipinski definition) is 7. The third-order valence-corrected chi connectivity index (χ3v) is 4.97. The topological polar surface area (TPSA) is 74.9 Å². The molecule has 2 aliphatic rings. The maximum absolute atomic E-state index is 12.4. The molecule has 0 atom stereocenters. The van der Waals surface area contributed by atoms with Crippen molar-refractivity contribution in [2.45, 2.75) is 6.92 Å². The lowest BCUT2D eigenvalue weighted by molar-refractivity contribution is -0.126. The van der Waals surface area contributed by atoms with E-state index in [0.29, 0.717) is 32.1 Å². The molecule has 4 rings (SSSR count). The van der Waals surface area contributed by atoms with Crippen molar-refractivity contribution in [2.75, 3.05) is 62.3 Å². The first-order chi connectivity index (χ1) is 13.7. The maximum atomic E-state index is 12.4. The Bertz CT molecular complexity index is 822. The molecule has 2 aromatic rings. The van der Waals surface area contributed by atoms with Crippen molar-refractivity contribution < 1.29 is 13.9 Å². The number of aromatic nitrogens is 2. The number of anilines is 2.